The fraction of sp³-hybridized carbons (Fsp3) is 0.600. The van der Waals surface area contributed by atoms with Gasteiger partial charge in [-0.3, -0.25) is 9.59 Å². The fourth-order valence-electron chi connectivity index (χ4n) is 2.45. The van der Waals surface area contributed by atoms with Gasteiger partial charge in [0.05, 0.1) is 12.1 Å². The first kappa shape index (κ1) is 16.9. The highest BCUT2D eigenvalue weighted by molar-refractivity contribution is 7.16. The highest BCUT2D eigenvalue weighted by Gasteiger charge is 2.26. The number of thiophene rings is 1. The minimum Gasteiger partial charge on any atom is -0.336 e. The van der Waals surface area contributed by atoms with Crippen molar-refractivity contribution in [1.29, 1.82) is 0 Å². The van der Waals surface area contributed by atoms with E-state index in [1.165, 1.54) is 11.3 Å². The molecule has 1 aliphatic heterocycles. The van der Waals surface area contributed by atoms with Crippen molar-refractivity contribution < 1.29 is 9.59 Å². The third-order valence-corrected chi connectivity index (χ3v) is 4.84. The van der Waals surface area contributed by atoms with E-state index in [1.54, 1.807) is 4.90 Å². The van der Waals surface area contributed by atoms with Crippen LogP contribution in [0.4, 0.5) is 5.00 Å². The molecule has 0 atom stereocenters. The Hall–Kier alpha value is -1.44. The largest absolute Gasteiger partial charge is 0.336 e. The van der Waals surface area contributed by atoms with Gasteiger partial charge >= 0.3 is 0 Å². The van der Waals surface area contributed by atoms with Crippen LogP contribution in [0.3, 0.4) is 0 Å². The van der Waals surface area contributed by atoms with Crippen molar-refractivity contribution in [3.63, 3.8) is 0 Å². The van der Waals surface area contributed by atoms with Crippen LogP contribution in [-0.2, 0) is 4.79 Å². The summed E-state index contributed by atoms with van der Waals surface area (Å²) in [5.41, 5.74) is 1.62. The number of nitrogens with one attached hydrogen (secondary N) is 2. The third-order valence-electron chi connectivity index (χ3n) is 3.72. The number of hydrogen-bond donors (Lipinski definition) is 2. The summed E-state index contributed by atoms with van der Waals surface area (Å²) >= 11 is 1.48. The van der Waals surface area contributed by atoms with Gasteiger partial charge in [0.25, 0.3) is 5.91 Å². The summed E-state index contributed by atoms with van der Waals surface area (Å²) < 4.78 is 0. The standard InChI is InChI=1S/C15H24N4O2S/c1-10-11(2)22-14(17-12(20)9-18(3)4)13(10)15(21)19-7-5-16-6-8-19/h16H,5-9H2,1-4H3,(H,17,20). The lowest BCUT2D eigenvalue weighted by atomic mass is 10.1. The molecule has 1 aromatic rings. The van der Waals surface area contributed by atoms with Crippen molar-refractivity contribution in [3.8, 4) is 0 Å². The molecule has 2 heterocycles. The minimum atomic E-state index is -0.0967. The predicted octanol–water partition coefficient (Wildman–Crippen LogP) is 0.910. The van der Waals surface area contributed by atoms with Gasteiger partial charge in [-0.1, -0.05) is 0 Å². The van der Waals surface area contributed by atoms with E-state index in [0.29, 0.717) is 30.2 Å². The molecule has 0 unspecified atom stereocenters. The topological polar surface area (TPSA) is 64.7 Å². The number of piperazine rings is 1. The fourth-order valence-corrected chi connectivity index (χ4v) is 3.52. The maximum atomic E-state index is 12.8. The quantitative estimate of drug-likeness (QED) is 0.864. The zero-order valence-corrected chi connectivity index (χ0v) is 14.5. The molecular weight excluding hydrogens is 300 g/mol. The van der Waals surface area contributed by atoms with Gasteiger partial charge in [0, 0.05) is 31.1 Å². The molecule has 22 heavy (non-hydrogen) atoms. The third kappa shape index (κ3) is 3.85. The molecule has 6 nitrogen and oxygen atoms in total. The molecule has 1 fully saturated rings. The van der Waals surface area contributed by atoms with Gasteiger partial charge < -0.3 is 20.4 Å². The van der Waals surface area contributed by atoms with Crippen LogP contribution in [-0.4, -0.2) is 68.4 Å². The lowest BCUT2D eigenvalue weighted by Crippen LogP contribution is -2.46. The van der Waals surface area contributed by atoms with E-state index in [9.17, 15) is 9.59 Å². The van der Waals surface area contributed by atoms with Crippen molar-refractivity contribution in [2.75, 3.05) is 52.1 Å². The monoisotopic (exact) mass is 324 g/mol. The highest BCUT2D eigenvalue weighted by atomic mass is 32.1. The maximum absolute atomic E-state index is 12.8. The van der Waals surface area contributed by atoms with Crippen molar-refractivity contribution in [1.82, 2.24) is 15.1 Å². The lowest BCUT2D eigenvalue weighted by molar-refractivity contribution is -0.116. The van der Waals surface area contributed by atoms with Crippen LogP contribution in [0.1, 0.15) is 20.8 Å². The number of amides is 2. The number of hydrogen-bond acceptors (Lipinski definition) is 5. The Kier molecular flexibility index (Phi) is 5.55. The molecule has 1 aromatic heterocycles. The Morgan fingerprint density at radius 1 is 1.27 bits per heavy atom. The zero-order valence-electron chi connectivity index (χ0n) is 13.7. The van der Waals surface area contributed by atoms with E-state index < -0.39 is 0 Å². The number of carbonyl (C=O) groups is 2. The second-order valence-electron chi connectivity index (χ2n) is 5.82. The second kappa shape index (κ2) is 7.21. The van der Waals surface area contributed by atoms with E-state index >= 15 is 0 Å². The molecule has 0 saturated carbocycles. The molecule has 2 amide bonds. The van der Waals surface area contributed by atoms with Gasteiger partial charge in [-0.05, 0) is 33.5 Å². The Balaban J connectivity index is 2.22. The predicted molar refractivity (Wildman–Crippen MR) is 89.7 cm³/mol. The molecular formula is C15H24N4O2S. The molecule has 1 saturated heterocycles. The Morgan fingerprint density at radius 2 is 1.91 bits per heavy atom. The molecule has 7 heteroatoms. The van der Waals surface area contributed by atoms with Gasteiger partial charge in [0.1, 0.15) is 5.00 Å². The van der Waals surface area contributed by atoms with E-state index in [1.807, 2.05) is 32.8 Å². The number of aryl methyl sites for hydroxylation is 1. The van der Waals surface area contributed by atoms with Crippen molar-refractivity contribution in [3.05, 3.63) is 16.0 Å². The average molecular weight is 324 g/mol. The highest BCUT2D eigenvalue weighted by Crippen LogP contribution is 2.33. The van der Waals surface area contributed by atoms with Gasteiger partial charge in [-0.25, -0.2) is 0 Å². The number of likely N-dealkylation sites (N-methyl/N-ethyl adjacent to an activating group) is 1. The smallest absolute Gasteiger partial charge is 0.257 e. The van der Waals surface area contributed by atoms with Crippen LogP contribution in [0.5, 0.6) is 0 Å². The van der Waals surface area contributed by atoms with Gasteiger partial charge in [-0.2, -0.15) is 0 Å². The normalized spacial score (nSPS) is 15.2. The number of anilines is 1. The van der Waals surface area contributed by atoms with Gasteiger partial charge in [0.15, 0.2) is 0 Å². The molecule has 0 bridgehead atoms. The first-order chi connectivity index (χ1) is 10.4. The summed E-state index contributed by atoms with van der Waals surface area (Å²) in [4.78, 5) is 29.5. The zero-order chi connectivity index (χ0) is 16.3. The molecule has 0 aromatic carbocycles. The summed E-state index contributed by atoms with van der Waals surface area (Å²) in [7, 11) is 3.69. The number of nitrogens with zero attached hydrogens (tertiary/aromatic N) is 2. The Labute approximate surface area is 135 Å². The molecule has 0 spiro atoms. The van der Waals surface area contributed by atoms with E-state index in [0.717, 1.165) is 23.5 Å². The molecule has 2 rings (SSSR count). The van der Waals surface area contributed by atoms with Crippen molar-refractivity contribution >= 4 is 28.2 Å². The van der Waals surface area contributed by atoms with Crippen LogP contribution in [0.25, 0.3) is 0 Å². The number of carbonyl (C=O) groups excluding carboxylic acids is 2. The van der Waals surface area contributed by atoms with Crippen LogP contribution in [0, 0.1) is 13.8 Å². The average Bonchev–Trinajstić information content (AvgIpc) is 2.73. The Morgan fingerprint density at radius 3 is 2.50 bits per heavy atom. The first-order valence-corrected chi connectivity index (χ1v) is 8.26. The van der Waals surface area contributed by atoms with Gasteiger partial charge in [-0.15, -0.1) is 11.3 Å². The van der Waals surface area contributed by atoms with Crippen LogP contribution < -0.4 is 10.6 Å². The maximum Gasteiger partial charge on any atom is 0.257 e. The summed E-state index contributed by atoms with van der Waals surface area (Å²) in [6, 6.07) is 0. The van der Waals surface area contributed by atoms with Crippen LogP contribution in [0.2, 0.25) is 0 Å². The van der Waals surface area contributed by atoms with E-state index in [2.05, 4.69) is 10.6 Å². The first-order valence-electron chi connectivity index (χ1n) is 7.44. The van der Waals surface area contributed by atoms with Crippen LogP contribution in [0.15, 0.2) is 0 Å². The Bertz CT molecular complexity index is 562. The van der Waals surface area contributed by atoms with E-state index in [-0.39, 0.29) is 11.8 Å². The lowest BCUT2D eigenvalue weighted by Gasteiger charge is -2.28. The summed E-state index contributed by atoms with van der Waals surface area (Å²) in [5.74, 6) is -0.0795. The number of rotatable bonds is 4. The van der Waals surface area contributed by atoms with Crippen LogP contribution >= 0.6 is 11.3 Å². The summed E-state index contributed by atoms with van der Waals surface area (Å²) in [6.07, 6.45) is 0. The molecule has 0 radical (unpaired) electrons. The molecule has 0 aliphatic carbocycles. The van der Waals surface area contributed by atoms with Crippen molar-refractivity contribution in [2.45, 2.75) is 13.8 Å². The molecule has 2 N–H and O–H groups in total. The van der Waals surface area contributed by atoms with Gasteiger partial charge in [0.2, 0.25) is 5.91 Å². The second-order valence-corrected chi connectivity index (χ2v) is 7.04. The summed E-state index contributed by atoms with van der Waals surface area (Å²) in [6.45, 7) is 7.28. The van der Waals surface area contributed by atoms with E-state index in [4.69, 9.17) is 0 Å². The van der Waals surface area contributed by atoms with Crippen molar-refractivity contribution in [2.24, 2.45) is 0 Å². The minimum absolute atomic E-state index is 0.0171. The molecule has 122 valence electrons. The summed E-state index contributed by atoms with van der Waals surface area (Å²) in [5, 5.41) is 6.81. The molecule has 1 aliphatic rings. The SMILES string of the molecule is Cc1sc(NC(=O)CN(C)C)c(C(=O)N2CCNCC2)c1C.